The number of carbonyl (C=O) groups excluding carboxylic acids is 1. The van der Waals surface area contributed by atoms with Crippen molar-refractivity contribution < 1.29 is 4.79 Å². The largest absolute Gasteiger partial charge is 0.380 e. The molecule has 0 aliphatic carbocycles. The fourth-order valence-corrected chi connectivity index (χ4v) is 2.74. The summed E-state index contributed by atoms with van der Waals surface area (Å²) in [7, 11) is 0. The van der Waals surface area contributed by atoms with Crippen molar-refractivity contribution in [1.82, 2.24) is 4.98 Å². The Kier molecular flexibility index (Phi) is 5.32. The van der Waals surface area contributed by atoms with Crippen LogP contribution in [0.1, 0.15) is 25.6 Å². The molecule has 0 saturated heterocycles. The van der Waals surface area contributed by atoms with E-state index in [1.165, 1.54) is 11.3 Å². The minimum Gasteiger partial charge on any atom is -0.380 e. The number of amides is 1. The third-order valence-corrected chi connectivity index (χ3v) is 4.32. The normalized spacial score (nSPS) is 11.3. The molecule has 0 spiro atoms. The van der Waals surface area contributed by atoms with Crippen molar-refractivity contribution in [3.8, 4) is 0 Å². The van der Waals surface area contributed by atoms with Crippen molar-refractivity contribution in [1.29, 1.82) is 0 Å². The van der Waals surface area contributed by atoms with E-state index in [-0.39, 0.29) is 5.91 Å². The molecule has 0 saturated carbocycles. The number of aromatic nitrogens is 1. The number of halogens is 2. The molecule has 0 fully saturated rings. The summed E-state index contributed by atoms with van der Waals surface area (Å²) < 4.78 is 0.523. The number of thiazole rings is 1. The van der Waals surface area contributed by atoms with Crippen LogP contribution < -0.4 is 10.6 Å². The molecule has 0 bridgehead atoms. The second kappa shape index (κ2) is 6.86. The van der Waals surface area contributed by atoms with Crippen molar-refractivity contribution in [2.75, 3.05) is 10.6 Å². The predicted molar refractivity (Wildman–Crippen MR) is 94.0 cm³/mol. The van der Waals surface area contributed by atoms with Crippen LogP contribution in [0.5, 0.6) is 0 Å². The van der Waals surface area contributed by atoms with E-state index in [2.05, 4.69) is 15.6 Å². The highest BCUT2D eigenvalue weighted by molar-refractivity contribution is 7.15. The number of nitrogens with zero attached hydrogens (tertiary/aromatic N) is 1. The zero-order valence-corrected chi connectivity index (χ0v) is 14.9. The first-order chi connectivity index (χ1) is 10.3. The van der Waals surface area contributed by atoms with Gasteiger partial charge in [0.25, 0.3) is 0 Å². The SMILES string of the molecule is CC(C)(C)C(=O)Nc1ccc(NCc2cnc(Cl)s2)cc1Cl. The van der Waals surface area contributed by atoms with Gasteiger partial charge < -0.3 is 10.6 Å². The fourth-order valence-electron chi connectivity index (χ4n) is 1.59. The Hall–Kier alpha value is -1.30. The first-order valence-corrected chi connectivity index (χ1v) is 8.28. The topological polar surface area (TPSA) is 54.0 Å². The smallest absolute Gasteiger partial charge is 0.229 e. The van der Waals surface area contributed by atoms with Crippen LogP contribution in [0.2, 0.25) is 9.49 Å². The van der Waals surface area contributed by atoms with E-state index in [0.717, 1.165) is 10.6 Å². The Bertz CT molecular complexity index is 680. The van der Waals surface area contributed by atoms with Gasteiger partial charge in [0.1, 0.15) is 0 Å². The quantitative estimate of drug-likeness (QED) is 0.804. The molecular formula is C15H17Cl2N3OS. The summed E-state index contributed by atoms with van der Waals surface area (Å²) in [5.41, 5.74) is 1.00. The number of anilines is 2. The molecule has 0 aliphatic rings. The van der Waals surface area contributed by atoms with Crippen LogP contribution in [0.3, 0.4) is 0 Å². The van der Waals surface area contributed by atoms with Crippen molar-refractivity contribution in [3.63, 3.8) is 0 Å². The van der Waals surface area contributed by atoms with E-state index in [0.29, 0.717) is 21.7 Å². The van der Waals surface area contributed by atoms with E-state index in [1.54, 1.807) is 18.3 Å². The molecular weight excluding hydrogens is 341 g/mol. The van der Waals surface area contributed by atoms with Gasteiger partial charge >= 0.3 is 0 Å². The average molecular weight is 358 g/mol. The highest BCUT2D eigenvalue weighted by Crippen LogP contribution is 2.28. The second-order valence-electron chi connectivity index (χ2n) is 5.83. The van der Waals surface area contributed by atoms with Gasteiger partial charge in [-0.25, -0.2) is 4.98 Å². The summed E-state index contributed by atoms with van der Waals surface area (Å²) in [5, 5.41) is 6.56. The molecule has 7 heteroatoms. The number of hydrogen-bond donors (Lipinski definition) is 2. The molecule has 1 aromatic carbocycles. The van der Waals surface area contributed by atoms with Gasteiger partial charge in [0.2, 0.25) is 5.91 Å². The molecule has 2 aromatic rings. The zero-order chi connectivity index (χ0) is 16.3. The molecule has 1 heterocycles. The number of carbonyl (C=O) groups is 1. The molecule has 4 nitrogen and oxygen atoms in total. The summed E-state index contributed by atoms with van der Waals surface area (Å²) in [6.45, 7) is 6.18. The molecule has 2 N–H and O–H groups in total. The minimum atomic E-state index is -0.467. The summed E-state index contributed by atoms with van der Waals surface area (Å²) in [6.07, 6.45) is 1.74. The van der Waals surface area contributed by atoms with Gasteiger partial charge in [-0.3, -0.25) is 4.79 Å². The van der Waals surface area contributed by atoms with Gasteiger partial charge in [-0.1, -0.05) is 44.0 Å². The van der Waals surface area contributed by atoms with Crippen LogP contribution in [0.25, 0.3) is 0 Å². The minimum absolute atomic E-state index is 0.0746. The zero-order valence-electron chi connectivity index (χ0n) is 12.5. The molecule has 0 radical (unpaired) electrons. The van der Waals surface area contributed by atoms with Gasteiger partial charge in [-0.2, -0.15) is 0 Å². The Balaban J connectivity index is 2.01. The fraction of sp³-hybridized carbons (Fsp3) is 0.333. The van der Waals surface area contributed by atoms with Gasteiger partial charge in [0.05, 0.1) is 17.3 Å². The predicted octanol–water partition coefficient (Wildman–Crippen LogP) is 5.05. The van der Waals surface area contributed by atoms with Gasteiger partial charge in [-0.15, -0.1) is 11.3 Å². The van der Waals surface area contributed by atoms with Crippen molar-refractivity contribution >= 4 is 51.8 Å². The lowest BCUT2D eigenvalue weighted by atomic mass is 9.95. The number of rotatable bonds is 4. The highest BCUT2D eigenvalue weighted by atomic mass is 35.5. The van der Waals surface area contributed by atoms with E-state index in [1.807, 2.05) is 26.8 Å². The molecule has 1 aromatic heterocycles. The summed E-state index contributed by atoms with van der Waals surface area (Å²) in [4.78, 5) is 17.0. The van der Waals surface area contributed by atoms with Crippen LogP contribution in [0.15, 0.2) is 24.4 Å². The number of nitrogens with one attached hydrogen (secondary N) is 2. The third-order valence-electron chi connectivity index (χ3n) is 2.89. The Morgan fingerprint density at radius 2 is 2.05 bits per heavy atom. The van der Waals surface area contributed by atoms with Crippen molar-refractivity contribution in [3.05, 3.63) is 38.8 Å². The molecule has 118 valence electrons. The van der Waals surface area contributed by atoms with Crippen molar-refractivity contribution in [2.45, 2.75) is 27.3 Å². The maximum Gasteiger partial charge on any atom is 0.229 e. The van der Waals surface area contributed by atoms with Crippen LogP contribution in [0, 0.1) is 5.41 Å². The standard InChI is InChI=1S/C15H17Cl2N3OS/c1-15(2,3)13(21)20-12-5-4-9(6-11(12)16)18-7-10-8-19-14(17)22-10/h4-6,8,18H,7H2,1-3H3,(H,20,21). The van der Waals surface area contributed by atoms with Crippen LogP contribution >= 0.6 is 34.5 Å². The Morgan fingerprint density at radius 1 is 1.32 bits per heavy atom. The molecule has 1 amide bonds. The van der Waals surface area contributed by atoms with Crippen LogP contribution in [0.4, 0.5) is 11.4 Å². The Morgan fingerprint density at radius 3 is 2.59 bits per heavy atom. The third kappa shape index (κ3) is 4.60. The highest BCUT2D eigenvalue weighted by Gasteiger charge is 2.21. The second-order valence-corrected chi connectivity index (χ2v) is 7.94. The van der Waals surface area contributed by atoms with Gasteiger partial charge in [-0.05, 0) is 18.2 Å². The lowest BCUT2D eigenvalue weighted by molar-refractivity contribution is -0.123. The van der Waals surface area contributed by atoms with E-state index >= 15 is 0 Å². The lowest BCUT2D eigenvalue weighted by Crippen LogP contribution is -2.27. The van der Waals surface area contributed by atoms with E-state index in [4.69, 9.17) is 23.2 Å². The van der Waals surface area contributed by atoms with Crippen LogP contribution in [-0.4, -0.2) is 10.9 Å². The molecule has 0 unspecified atom stereocenters. The maximum absolute atomic E-state index is 12.0. The maximum atomic E-state index is 12.0. The van der Waals surface area contributed by atoms with Crippen LogP contribution in [-0.2, 0) is 11.3 Å². The first-order valence-electron chi connectivity index (χ1n) is 6.71. The lowest BCUT2D eigenvalue weighted by Gasteiger charge is -2.18. The molecule has 22 heavy (non-hydrogen) atoms. The molecule has 2 rings (SSSR count). The average Bonchev–Trinajstić information content (AvgIpc) is 2.84. The number of hydrogen-bond acceptors (Lipinski definition) is 4. The van der Waals surface area contributed by atoms with E-state index in [9.17, 15) is 4.79 Å². The summed E-state index contributed by atoms with van der Waals surface area (Å²) in [5.74, 6) is -0.0746. The molecule has 0 aliphatic heterocycles. The summed E-state index contributed by atoms with van der Waals surface area (Å²) in [6, 6.07) is 5.43. The monoisotopic (exact) mass is 357 g/mol. The number of benzene rings is 1. The van der Waals surface area contributed by atoms with Crippen molar-refractivity contribution in [2.24, 2.45) is 5.41 Å². The first kappa shape index (κ1) is 17.1. The van der Waals surface area contributed by atoms with Gasteiger partial charge in [0, 0.05) is 22.2 Å². The van der Waals surface area contributed by atoms with Gasteiger partial charge in [0.15, 0.2) is 4.47 Å². The Labute approximate surface area is 143 Å². The molecule has 0 atom stereocenters. The van der Waals surface area contributed by atoms with E-state index < -0.39 is 5.41 Å². The summed E-state index contributed by atoms with van der Waals surface area (Å²) >= 11 is 13.4.